The molecule has 1 fully saturated rings. The van der Waals surface area contributed by atoms with Gasteiger partial charge in [-0.3, -0.25) is 4.79 Å². The molecule has 0 unspecified atom stereocenters. The topological polar surface area (TPSA) is 45.2 Å². The van der Waals surface area contributed by atoms with Gasteiger partial charge in [-0.2, -0.15) is 0 Å². The van der Waals surface area contributed by atoms with Crippen molar-refractivity contribution < 1.29 is 9.18 Å². The molecule has 1 aliphatic heterocycles. The summed E-state index contributed by atoms with van der Waals surface area (Å²) >= 11 is 5.69. The van der Waals surface area contributed by atoms with Crippen LogP contribution >= 0.6 is 11.6 Å². The molecule has 0 saturated carbocycles. The molecule has 0 atom stereocenters. The van der Waals surface area contributed by atoms with E-state index in [1.807, 2.05) is 12.1 Å². The SMILES string of the molecule is O=C(NCc1ccc(N2CCCC2)nc1)c1ccc(F)c(Cl)c1. The molecule has 6 heteroatoms. The van der Waals surface area contributed by atoms with Crippen LogP contribution in [0.25, 0.3) is 0 Å². The summed E-state index contributed by atoms with van der Waals surface area (Å²) < 4.78 is 13.1. The van der Waals surface area contributed by atoms with Crippen LogP contribution in [0.15, 0.2) is 36.5 Å². The average molecular weight is 334 g/mol. The van der Waals surface area contributed by atoms with E-state index in [4.69, 9.17) is 11.6 Å². The van der Waals surface area contributed by atoms with Gasteiger partial charge in [0.1, 0.15) is 11.6 Å². The molecule has 0 spiro atoms. The number of anilines is 1. The lowest BCUT2D eigenvalue weighted by molar-refractivity contribution is 0.0951. The number of rotatable bonds is 4. The molecule has 0 radical (unpaired) electrons. The molecule has 3 rings (SSSR count). The molecule has 1 aromatic carbocycles. The number of nitrogens with one attached hydrogen (secondary N) is 1. The third kappa shape index (κ3) is 3.79. The van der Waals surface area contributed by atoms with Gasteiger partial charge in [0, 0.05) is 31.4 Å². The number of carbonyl (C=O) groups excluding carboxylic acids is 1. The van der Waals surface area contributed by atoms with Gasteiger partial charge in [-0.25, -0.2) is 9.37 Å². The minimum Gasteiger partial charge on any atom is -0.357 e. The van der Waals surface area contributed by atoms with Gasteiger partial charge in [0.05, 0.1) is 5.02 Å². The van der Waals surface area contributed by atoms with Gasteiger partial charge in [-0.1, -0.05) is 17.7 Å². The maximum atomic E-state index is 13.1. The van der Waals surface area contributed by atoms with E-state index in [0.29, 0.717) is 12.1 Å². The molecule has 1 aromatic heterocycles. The lowest BCUT2D eigenvalue weighted by atomic mass is 10.2. The molecular formula is C17H17ClFN3O. The zero-order valence-corrected chi connectivity index (χ0v) is 13.3. The van der Waals surface area contributed by atoms with Gasteiger partial charge in [0.15, 0.2) is 0 Å². The first kappa shape index (κ1) is 15.7. The van der Waals surface area contributed by atoms with E-state index in [1.54, 1.807) is 6.20 Å². The van der Waals surface area contributed by atoms with Crippen molar-refractivity contribution in [2.24, 2.45) is 0 Å². The molecule has 4 nitrogen and oxygen atoms in total. The minimum atomic E-state index is -0.537. The van der Waals surface area contributed by atoms with Crippen LogP contribution < -0.4 is 10.2 Å². The molecule has 1 saturated heterocycles. The summed E-state index contributed by atoms with van der Waals surface area (Å²) in [6, 6.07) is 7.84. The minimum absolute atomic E-state index is 0.0608. The van der Waals surface area contributed by atoms with Gasteiger partial charge in [-0.15, -0.1) is 0 Å². The number of hydrogen-bond donors (Lipinski definition) is 1. The van der Waals surface area contributed by atoms with E-state index in [9.17, 15) is 9.18 Å². The molecule has 0 aliphatic carbocycles. The molecule has 1 N–H and O–H groups in total. The van der Waals surface area contributed by atoms with Crippen LogP contribution in [-0.2, 0) is 6.54 Å². The number of halogens is 2. The number of pyridine rings is 1. The summed E-state index contributed by atoms with van der Waals surface area (Å²) in [7, 11) is 0. The van der Waals surface area contributed by atoms with Crippen LogP contribution in [0.2, 0.25) is 5.02 Å². The fourth-order valence-electron chi connectivity index (χ4n) is 2.58. The standard InChI is InChI=1S/C17H17ClFN3O/c18-14-9-13(4-5-15(14)19)17(23)21-11-12-3-6-16(20-10-12)22-7-1-2-8-22/h3-6,9-10H,1-2,7-8,11H2,(H,21,23). The predicted molar refractivity (Wildman–Crippen MR) is 88.3 cm³/mol. The summed E-state index contributed by atoms with van der Waals surface area (Å²) in [5.41, 5.74) is 1.24. The van der Waals surface area contributed by atoms with E-state index in [0.717, 1.165) is 24.5 Å². The summed E-state index contributed by atoms with van der Waals surface area (Å²) in [5.74, 6) is 0.142. The van der Waals surface area contributed by atoms with Crippen LogP contribution in [0, 0.1) is 5.82 Å². The van der Waals surface area contributed by atoms with Gasteiger partial charge < -0.3 is 10.2 Å². The van der Waals surface area contributed by atoms with Crippen LogP contribution in [0.4, 0.5) is 10.2 Å². The van der Waals surface area contributed by atoms with E-state index in [-0.39, 0.29) is 10.9 Å². The van der Waals surface area contributed by atoms with Crippen LogP contribution in [0.1, 0.15) is 28.8 Å². The molecule has 0 bridgehead atoms. The van der Waals surface area contributed by atoms with Crippen molar-refractivity contribution >= 4 is 23.3 Å². The number of hydrogen-bond acceptors (Lipinski definition) is 3. The molecule has 120 valence electrons. The maximum absolute atomic E-state index is 13.1. The van der Waals surface area contributed by atoms with E-state index >= 15 is 0 Å². The van der Waals surface area contributed by atoms with Crippen molar-refractivity contribution in [1.82, 2.24) is 10.3 Å². The average Bonchev–Trinajstić information content (AvgIpc) is 3.10. The fourth-order valence-corrected chi connectivity index (χ4v) is 2.76. The Labute approximate surface area is 139 Å². The Morgan fingerprint density at radius 3 is 2.70 bits per heavy atom. The fraction of sp³-hybridized carbons (Fsp3) is 0.294. The summed E-state index contributed by atoms with van der Waals surface area (Å²) in [4.78, 5) is 18.7. The smallest absolute Gasteiger partial charge is 0.251 e. The molecule has 23 heavy (non-hydrogen) atoms. The van der Waals surface area contributed by atoms with Crippen LogP contribution in [0.3, 0.4) is 0 Å². The Morgan fingerprint density at radius 2 is 2.04 bits per heavy atom. The zero-order valence-electron chi connectivity index (χ0n) is 12.6. The Hall–Kier alpha value is -2.14. The van der Waals surface area contributed by atoms with Crippen molar-refractivity contribution in [3.8, 4) is 0 Å². The number of amides is 1. The molecule has 1 amide bonds. The predicted octanol–water partition coefficient (Wildman–Crippen LogP) is 3.40. The molecular weight excluding hydrogens is 317 g/mol. The second-order valence-electron chi connectivity index (χ2n) is 5.53. The first-order valence-corrected chi connectivity index (χ1v) is 7.94. The molecule has 2 heterocycles. The Kier molecular flexibility index (Phi) is 4.76. The molecule has 2 aromatic rings. The Bertz CT molecular complexity index is 699. The van der Waals surface area contributed by atoms with Gasteiger partial charge in [0.2, 0.25) is 0 Å². The second-order valence-corrected chi connectivity index (χ2v) is 5.94. The van der Waals surface area contributed by atoms with Crippen LogP contribution in [-0.4, -0.2) is 24.0 Å². The number of carbonyl (C=O) groups is 1. The number of aromatic nitrogens is 1. The van der Waals surface area contributed by atoms with Gasteiger partial charge >= 0.3 is 0 Å². The first-order valence-electron chi connectivity index (χ1n) is 7.56. The Morgan fingerprint density at radius 1 is 1.26 bits per heavy atom. The molecule has 1 aliphatic rings. The zero-order chi connectivity index (χ0) is 16.2. The largest absolute Gasteiger partial charge is 0.357 e. The summed E-state index contributed by atoms with van der Waals surface area (Å²) in [6.45, 7) is 2.46. The summed E-state index contributed by atoms with van der Waals surface area (Å²) in [5, 5.41) is 2.72. The highest BCUT2D eigenvalue weighted by molar-refractivity contribution is 6.31. The number of nitrogens with zero attached hydrogens (tertiary/aromatic N) is 2. The highest BCUT2D eigenvalue weighted by Crippen LogP contribution is 2.18. The van der Waals surface area contributed by atoms with Crippen molar-refractivity contribution in [3.63, 3.8) is 0 Å². The second kappa shape index (κ2) is 6.96. The quantitative estimate of drug-likeness (QED) is 0.932. The van der Waals surface area contributed by atoms with Crippen molar-refractivity contribution in [1.29, 1.82) is 0 Å². The van der Waals surface area contributed by atoms with Crippen molar-refractivity contribution in [2.75, 3.05) is 18.0 Å². The third-order valence-corrected chi connectivity index (χ3v) is 4.16. The normalized spacial score (nSPS) is 14.1. The highest BCUT2D eigenvalue weighted by Gasteiger charge is 2.13. The monoisotopic (exact) mass is 333 g/mol. The van der Waals surface area contributed by atoms with Crippen molar-refractivity contribution in [2.45, 2.75) is 19.4 Å². The van der Waals surface area contributed by atoms with E-state index < -0.39 is 5.82 Å². The number of benzene rings is 1. The van der Waals surface area contributed by atoms with Gasteiger partial charge in [-0.05, 0) is 42.7 Å². The van der Waals surface area contributed by atoms with Crippen molar-refractivity contribution in [3.05, 3.63) is 58.5 Å². The highest BCUT2D eigenvalue weighted by atomic mass is 35.5. The van der Waals surface area contributed by atoms with Crippen LogP contribution in [0.5, 0.6) is 0 Å². The first-order chi connectivity index (χ1) is 11.1. The summed E-state index contributed by atoms with van der Waals surface area (Å²) in [6.07, 6.45) is 4.19. The van der Waals surface area contributed by atoms with Gasteiger partial charge in [0.25, 0.3) is 5.91 Å². The van der Waals surface area contributed by atoms with E-state index in [1.165, 1.54) is 31.0 Å². The maximum Gasteiger partial charge on any atom is 0.251 e. The Balaban J connectivity index is 1.59. The van der Waals surface area contributed by atoms with E-state index in [2.05, 4.69) is 15.2 Å². The lowest BCUT2D eigenvalue weighted by Crippen LogP contribution is -2.23. The third-order valence-electron chi connectivity index (χ3n) is 3.87. The lowest BCUT2D eigenvalue weighted by Gasteiger charge is -2.16.